The van der Waals surface area contributed by atoms with Crippen molar-refractivity contribution in [1.82, 2.24) is 4.98 Å². The Morgan fingerprint density at radius 2 is 1.70 bits per heavy atom. The monoisotopic (exact) mass is 271 g/mol. The fraction of sp³-hybridized carbons (Fsp3) is 0. The van der Waals surface area contributed by atoms with Crippen molar-refractivity contribution in [2.24, 2.45) is 0 Å². The van der Waals surface area contributed by atoms with Crippen LogP contribution in [-0.4, -0.2) is 20.3 Å². The molecule has 0 saturated heterocycles. The summed E-state index contributed by atoms with van der Waals surface area (Å²) in [4.78, 5) is 4.25. The number of phenolic OH excluding ortho intramolecular Hbond substituents is 2. The van der Waals surface area contributed by atoms with Crippen LogP contribution in [0.4, 0.5) is 4.39 Å². The van der Waals surface area contributed by atoms with Crippen LogP contribution in [0.3, 0.4) is 0 Å². The molecule has 0 aliphatic heterocycles. The molecule has 100 valence electrons. The summed E-state index contributed by atoms with van der Waals surface area (Å²) in [6, 6.07) is 9.88. The molecular formula is C15H10FNO3. The van der Waals surface area contributed by atoms with E-state index < -0.39 is 11.6 Å². The maximum Gasteiger partial charge on any atom is 0.170 e. The first-order valence-electron chi connectivity index (χ1n) is 5.87. The first-order valence-corrected chi connectivity index (χ1v) is 5.87. The van der Waals surface area contributed by atoms with E-state index in [0.717, 1.165) is 0 Å². The fourth-order valence-corrected chi connectivity index (χ4v) is 2.07. The van der Waals surface area contributed by atoms with Gasteiger partial charge in [0.1, 0.15) is 11.6 Å². The lowest BCUT2D eigenvalue weighted by atomic mass is 10.1. The minimum atomic E-state index is -0.432. The average Bonchev–Trinajstić information content (AvgIpc) is 2.42. The van der Waals surface area contributed by atoms with Crippen LogP contribution in [0.5, 0.6) is 17.2 Å². The number of aromatic nitrogens is 1. The van der Waals surface area contributed by atoms with Crippen molar-refractivity contribution < 1.29 is 19.7 Å². The van der Waals surface area contributed by atoms with Crippen molar-refractivity contribution in [2.75, 3.05) is 0 Å². The number of hydrogen-bond acceptors (Lipinski definition) is 4. The van der Waals surface area contributed by atoms with Gasteiger partial charge in [0, 0.05) is 11.6 Å². The summed E-state index contributed by atoms with van der Waals surface area (Å²) >= 11 is 0. The molecule has 20 heavy (non-hydrogen) atoms. The molecule has 0 fully saturated rings. The molecule has 0 unspecified atom stereocenters. The summed E-state index contributed by atoms with van der Waals surface area (Å²) in [6.07, 6.45) is 0. The van der Waals surface area contributed by atoms with E-state index in [4.69, 9.17) is 0 Å². The maximum atomic E-state index is 13.2. The zero-order valence-electron chi connectivity index (χ0n) is 10.2. The zero-order valence-corrected chi connectivity index (χ0v) is 10.2. The van der Waals surface area contributed by atoms with Crippen molar-refractivity contribution in [3.8, 4) is 28.5 Å². The van der Waals surface area contributed by atoms with Gasteiger partial charge in [0.25, 0.3) is 0 Å². The second-order valence-corrected chi connectivity index (χ2v) is 4.36. The standard InChI is InChI=1S/C15H10FNO3/c16-9-3-1-2-8(6-9)11-7-13(19)14-10(17-11)4-5-12(18)15(14)20/h1-7,18,20H,(H,17,19). The van der Waals surface area contributed by atoms with Crippen molar-refractivity contribution in [3.05, 3.63) is 48.3 Å². The minimum absolute atomic E-state index is 0.0603. The molecule has 5 heteroatoms. The number of fused-ring (bicyclic) bond motifs is 1. The summed E-state index contributed by atoms with van der Waals surface area (Å²) in [5.74, 6) is -1.41. The van der Waals surface area contributed by atoms with Gasteiger partial charge in [-0.15, -0.1) is 0 Å². The number of benzene rings is 2. The molecular weight excluding hydrogens is 261 g/mol. The predicted molar refractivity (Wildman–Crippen MR) is 72.1 cm³/mol. The SMILES string of the molecule is Oc1ccc2nc(-c3cccc(F)c3)cc(O)c2c1O. The highest BCUT2D eigenvalue weighted by Crippen LogP contribution is 2.39. The topological polar surface area (TPSA) is 73.6 Å². The largest absolute Gasteiger partial charge is 0.507 e. The Labute approximate surface area is 113 Å². The molecule has 3 aromatic rings. The maximum absolute atomic E-state index is 13.2. The molecule has 4 nitrogen and oxygen atoms in total. The Morgan fingerprint density at radius 1 is 0.900 bits per heavy atom. The third-order valence-corrected chi connectivity index (χ3v) is 3.03. The first kappa shape index (κ1) is 12.2. The van der Waals surface area contributed by atoms with Gasteiger partial charge in [-0.1, -0.05) is 12.1 Å². The molecule has 2 aromatic carbocycles. The van der Waals surface area contributed by atoms with Crippen molar-refractivity contribution in [1.29, 1.82) is 0 Å². The zero-order chi connectivity index (χ0) is 14.3. The van der Waals surface area contributed by atoms with E-state index >= 15 is 0 Å². The van der Waals surface area contributed by atoms with Crippen molar-refractivity contribution in [3.63, 3.8) is 0 Å². The molecule has 3 rings (SSSR count). The van der Waals surface area contributed by atoms with E-state index in [1.165, 1.54) is 30.3 Å². The van der Waals surface area contributed by atoms with Crippen molar-refractivity contribution in [2.45, 2.75) is 0 Å². The Bertz CT molecular complexity index is 818. The Hall–Kier alpha value is -2.82. The smallest absolute Gasteiger partial charge is 0.170 e. The summed E-state index contributed by atoms with van der Waals surface area (Å²) in [5.41, 5.74) is 1.19. The lowest BCUT2D eigenvalue weighted by molar-refractivity contribution is 0.405. The number of rotatable bonds is 1. The Kier molecular flexibility index (Phi) is 2.68. The lowest BCUT2D eigenvalue weighted by Crippen LogP contribution is -1.88. The highest BCUT2D eigenvalue weighted by Gasteiger charge is 2.13. The normalized spacial score (nSPS) is 10.8. The molecule has 0 aliphatic carbocycles. The predicted octanol–water partition coefficient (Wildman–Crippen LogP) is 3.16. The third kappa shape index (κ3) is 1.89. The van der Waals surface area contributed by atoms with Gasteiger partial charge in [-0.05, 0) is 24.3 Å². The summed E-state index contributed by atoms with van der Waals surface area (Å²) < 4.78 is 13.2. The number of phenols is 2. The van der Waals surface area contributed by atoms with E-state index in [9.17, 15) is 19.7 Å². The highest BCUT2D eigenvalue weighted by molar-refractivity contribution is 5.94. The van der Waals surface area contributed by atoms with Crippen LogP contribution in [0, 0.1) is 5.82 Å². The number of hydrogen-bond donors (Lipinski definition) is 3. The van der Waals surface area contributed by atoms with Gasteiger partial charge >= 0.3 is 0 Å². The molecule has 0 amide bonds. The van der Waals surface area contributed by atoms with E-state index in [1.807, 2.05) is 0 Å². The van der Waals surface area contributed by atoms with Crippen LogP contribution in [0.15, 0.2) is 42.5 Å². The number of pyridine rings is 1. The molecule has 1 heterocycles. The minimum Gasteiger partial charge on any atom is -0.507 e. The molecule has 0 bridgehead atoms. The molecule has 0 radical (unpaired) electrons. The molecule has 0 aliphatic rings. The number of nitrogens with zero attached hydrogens (tertiary/aromatic N) is 1. The number of aromatic hydroxyl groups is 3. The molecule has 1 aromatic heterocycles. The molecule has 0 saturated carbocycles. The lowest BCUT2D eigenvalue weighted by Gasteiger charge is -2.08. The van der Waals surface area contributed by atoms with Gasteiger partial charge in [-0.25, -0.2) is 9.37 Å². The van der Waals surface area contributed by atoms with E-state index in [1.54, 1.807) is 12.1 Å². The van der Waals surface area contributed by atoms with Crippen LogP contribution in [0.25, 0.3) is 22.2 Å². The average molecular weight is 271 g/mol. The summed E-state index contributed by atoms with van der Waals surface area (Å²) in [5, 5.41) is 29.2. The summed E-state index contributed by atoms with van der Waals surface area (Å²) in [7, 11) is 0. The van der Waals surface area contributed by atoms with Crippen LogP contribution < -0.4 is 0 Å². The van der Waals surface area contributed by atoms with Gasteiger partial charge < -0.3 is 15.3 Å². The van der Waals surface area contributed by atoms with Gasteiger partial charge in [0.2, 0.25) is 0 Å². The molecule has 3 N–H and O–H groups in total. The first-order chi connectivity index (χ1) is 9.56. The van der Waals surface area contributed by atoms with E-state index in [0.29, 0.717) is 16.8 Å². The van der Waals surface area contributed by atoms with Crippen LogP contribution in [-0.2, 0) is 0 Å². The Balaban J connectivity index is 2.28. The van der Waals surface area contributed by atoms with E-state index in [2.05, 4.69) is 4.98 Å². The second kappa shape index (κ2) is 4.38. The van der Waals surface area contributed by atoms with Gasteiger partial charge in [-0.2, -0.15) is 0 Å². The quantitative estimate of drug-likeness (QED) is 0.594. The Morgan fingerprint density at radius 3 is 2.45 bits per heavy atom. The fourth-order valence-electron chi connectivity index (χ4n) is 2.07. The van der Waals surface area contributed by atoms with Crippen LogP contribution >= 0.6 is 0 Å². The van der Waals surface area contributed by atoms with Crippen molar-refractivity contribution >= 4 is 10.9 Å². The molecule has 0 spiro atoms. The van der Waals surface area contributed by atoms with E-state index in [-0.39, 0.29) is 16.9 Å². The van der Waals surface area contributed by atoms with Crippen LogP contribution in [0.2, 0.25) is 0 Å². The summed E-state index contributed by atoms with van der Waals surface area (Å²) in [6.45, 7) is 0. The molecule has 0 atom stereocenters. The van der Waals surface area contributed by atoms with Crippen LogP contribution in [0.1, 0.15) is 0 Å². The van der Waals surface area contributed by atoms with Gasteiger partial charge in [0.05, 0.1) is 16.6 Å². The second-order valence-electron chi connectivity index (χ2n) is 4.36. The number of halogens is 1. The third-order valence-electron chi connectivity index (χ3n) is 3.03. The van der Waals surface area contributed by atoms with Gasteiger partial charge in [0.15, 0.2) is 11.5 Å². The highest BCUT2D eigenvalue weighted by atomic mass is 19.1. The van der Waals surface area contributed by atoms with Gasteiger partial charge in [-0.3, -0.25) is 0 Å².